The van der Waals surface area contributed by atoms with Crippen molar-refractivity contribution in [3.63, 3.8) is 0 Å². The standard InChI is InChI=1S/C13H15F4NO2/c1-7-3-2-4-8(10(7)14)12(18)6-20-11(9(12)5-19)13(15,16)17/h2-4,9,11,19H,5-6,18H2,1H3/t9-,11+,12-/m1/s1. The normalized spacial score (nSPS) is 30.8. The Balaban J connectivity index is 2.47. The van der Waals surface area contributed by atoms with Gasteiger partial charge in [0.05, 0.1) is 18.8 Å². The quantitative estimate of drug-likeness (QED) is 0.818. The maximum absolute atomic E-state index is 14.1. The fraction of sp³-hybridized carbons (Fsp3) is 0.538. The Morgan fingerprint density at radius 3 is 2.65 bits per heavy atom. The lowest BCUT2D eigenvalue weighted by Crippen LogP contribution is -2.50. The van der Waals surface area contributed by atoms with Gasteiger partial charge >= 0.3 is 6.18 Å². The third-order valence-electron chi connectivity index (χ3n) is 3.74. The number of nitrogens with two attached hydrogens (primary N) is 1. The first-order valence-corrected chi connectivity index (χ1v) is 6.05. The van der Waals surface area contributed by atoms with Gasteiger partial charge in [-0.25, -0.2) is 4.39 Å². The molecule has 20 heavy (non-hydrogen) atoms. The molecule has 3 nitrogen and oxygen atoms in total. The molecule has 0 unspecified atom stereocenters. The van der Waals surface area contributed by atoms with Crippen LogP contribution in [0.5, 0.6) is 0 Å². The maximum atomic E-state index is 14.1. The van der Waals surface area contributed by atoms with Gasteiger partial charge in [0.25, 0.3) is 0 Å². The van der Waals surface area contributed by atoms with Crippen LogP contribution in [0, 0.1) is 18.7 Å². The number of rotatable bonds is 2. The summed E-state index contributed by atoms with van der Waals surface area (Å²) in [7, 11) is 0. The molecule has 0 spiro atoms. The van der Waals surface area contributed by atoms with Gasteiger partial charge in [0.2, 0.25) is 0 Å². The Morgan fingerprint density at radius 1 is 1.45 bits per heavy atom. The zero-order chi connectivity index (χ0) is 15.1. The van der Waals surface area contributed by atoms with E-state index in [0.29, 0.717) is 0 Å². The van der Waals surface area contributed by atoms with Crippen molar-refractivity contribution in [3.8, 4) is 0 Å². The summed E-state index contributed by atoms with van der Waals surface area (Å²) in [5.41, 5.74) is 4.47. The number of aliphatic hydroxyl groups excluding tert-OH is 1. The van der Waals surface area contributed by atoms with Crippen LogP contribution in [-0.4, -0.2) is 30.6 Å². The van der Waals surface area contributed by atoms with Crippen LogP contribution >= 0.6 is 0 Å². The number of benzene rings is 1. The molecule has 1 aromatic carbocycles. The Morgan fingerprint density at radius 2 is 2.10 bits per heavy atom. The Bertz CT molecular complexity index is 506. The second-order valence-corrected chi connectivity index (χ2v) is 5.04. The Labute approximate surface area is 113 Å². The van der Waals surface area contributed by atoms with Gasteiger partial charge in [0.15, 0.2) is 6.10 Å². The number of aliphatic hydroxyl groups is 1. The second-order valence-electron chi connectivity index (χ2n) is 5.04. The second kappa shape index (κ2) is 4.98. The molecule has 0 aromatic heterocycles. The van der Waals surface area contributed by atoms with Gasteiger partial charge < -0.3 is 15.6 Å². The highest BCUT2D eigenvalue weighted by Crippen LogP contribution is 2.44. The molecule has 7 heteroatoms. The summed E-state index contributed by atoms with van der Waals surface area (Å²) in [5.74, 6) is -2.11. The van der Waals surface area contributed by atoms with Crippen molar-refractivity contribution in [2.24, 2.45) is 11.7 Å². The molecule has 1 aromatic rings. The minimum Gasteiger partial charge on any atom is -0.396 e. The Kier molecular flexibility index (Phi) is 3.79. The minimum absolute atomic E-state index is 0.0664. The van der Waals surface area contributed by atoms with Crippen LogP contribution in [0.4, 0.5) is 17.6 Å². The molecule has 112 valence electrons. The van der Waals surface area contributed by atoms with E-state index < -0.39 is 42.8 Å². The summed E-state index contributed by atoms with van der Waals surface area (Å²) in [6.07, 6.45) is -6.85. The molecule has 0 aliphatic carbocycles. The van der Waals surface area contributed by atoms with E-state index in [4.69, 9.17) is 10.5 Å². The lowest BCUT2D eigenvalue weighted by atomic mass is 9.78. The first kappa shape index (κ1) is 15.2. The van der Waals surface area contributed by atoms with E-state index in [9.17, 15) is 22.7 Å². The number of hydrogen-bond donors (Lipinski definition) is 2. The molecule has 1 heterocycles. The molecule has 0 saturated carbocycles. The molecule has 0 bridgehead atoms. The number of ether oxygens (including phenoxy) is 1. The zero-order valence-electron chi connectivity index (χ0n) is 10.7. The van der Waals surface area contributed by atoms with Gasteiger partial charge in [0.1, 0.15) is 5.82 Å². The minimum atomic E-state index is -4.66. The highest BCUT2D eigenvalue weighted by molar-refractivity contribution is 5.33. The molecule has 3 N–H and O–H groups in total. The fourth-order valence-corrected chi connectivity index (χ4v) is 2.59. The molecule has 3 atom stereocenters. The van der Waals surface area contributed by atoms with Crippen molar-refractivity contribution in [2.75, 3.05) is 13.2 Å². The van der Waals surface area contributed by atoms with Crippen LogP contribution in [0.25, 0.3) is 0 Å². The molecule has 1 fully saturated rings. The summed E-state index contributed by atoms with van der Waals surface area (Å²) in [5, 5.41) is 9.27. The molecular formula is C13H15F4NO2. The average molecular weight is 293 g/mol. The van der Waals surface area contributed by atoms with Crippen molar-refractivity contribution in [1.29, 1.82) is 0 Å². The largest absolute Gasteiger partial charge is 0.415 e. The van der Waals surface area contributed by atoms with E-state index in [0.717, 1.165) is 0 Å². The lowest BCUT2D eigenvalue weighted by molar-refractivity contribution is -0.219. The predicted octanol–water partition coefficient (Wildman–Crippen LogP) is 1.86. The molecular weight excluding hydrogens is 278 g/mol. The maximum Gasteiger partial charge on any atom is 0.415 e. The van der Waals surface area contributed by atoms with Gasteiger partial charge in [-0.15, -0.1) is 0 Å². The van der Waals surface area contributed by atoms with Gasteiger partial charge in [-0.3, -0.25) is 0 Å². The average Bonchev–Trinajstić information content (AvgIpc) is 2.70. The fourth-order valence-electron chi connectivity index (χ4n) is 2.59. The van der Waals surface area contributed by atoms with Crippen molar-refractivity contribution in [2.45, 2.75) is 24.7 Å². The van der Waals surface area contributed by atoms with Crippen molar-refractivity contribution in [3.05, 3.63) is 35.1 Å². The van der Waals surface area contributed by atoms with Crippen LogP contribution < -0.4 is 5.73 Å². The summed E-state index contributed by atoms with van der Waals surface area (Å²) < 4.78 is 57.4. The van der Waals surface area contributed by atoms with Crippen molar-refractivity contribution < 1.29 is 27.4 Å². The third-order valence-corrected chi connectivity index (χ3v) is 3.74. The van der Waals surface area contributed by atoms with E-state index in [1.807, 2.05) is 0 Å². The SMILES string of the molecule is Cc1cccc([C@]2(N)CO[C@H](C(F)(F)F)[C@H]2CO)c1F. The van der Waals surface area contributed by atoms with Crippen LogP contribution in [0.1, 0.15) is 11.1 Å². The number of halogens is 4. The molecule has 0 amide bonds. The van der Waals surface area contributed by atoms with E-state index >= 15 is 0 Å². The number of aryl methyl sites for hydroxylation is 1. The van der Waals surface area contributed by atoms with Gasteiger partial charge in [-0.2, -0.15) is 13.2 Å². The summed E-state index contributed by atoms with van der Waals surface area (Å²) in [6, 6.07) is 4.33. The highest BCUT2D eigenvalue weighted by Gasteiger charge is 2.58. The Hall–Kier alpha value is -1.18. The van der Waals surface area contributed by atoms with Crippen molar-refractivity contribution >= 4 is 0 Å². The molecule has 1 aliphatic rings. The van der Waals surface area contributed by atoms with E-state index in [2.05, 4.69) is 0 Å². The first-order chi connectivity index (χ1) is 9.21. The predicted molar refractivity (Wildman–Crippen MR) is 63.4 cm³/mol. The molecule has 1 saturated heterocycles. The first-order valence-electron chi connectivity index (χ1n) is 6.05. The zero-order valence-corrected chi connectivity index (χ0v) is 10.7. The lowest BCUT2D eigenvalue weighted by Gasteiger charge is -2.32. The van der Waals surface area contributed by atoms with Crippen LogP contribution in [-0.2, 0) is 10.3 Å². The summed E-state index contributed by atoms with van der Waals surface area (Å²) in [4.78, 5) is 0. The van der Waals surface area contributed by atoms with Gasteiger partial charge in [-0.05, 0) is 12.5 Å². The molecule has 1 aliphatic heterocycles. The van der Waals surface area contributed by atoms with Crippen LogP contribution in [0.15, 0.2) is 18.2 Å². The third kappa shape index (κ3) is 2.30. The van der Waals surface area contributed by atoms with Gasteiger partial charge in [-0.1, -0.05) is 18.2 Å². The van der Waals surface area contributed by atoms with E-state index in [1.165, 1.54) is 25.1 Å². The molecule has 2 rings (SSSR count). The van der Waals surface area contributed by atoms with E-state index in [1.54, 1.807) is 0 Å². The number of alkyl halides is 3. The summed E-state index contributed by atoms with van der Waals surface area (Å²) in [6.45, 7) is 0.157. The summed E-state index contributed by atoms with van der Waals surface area (Å²) >= 11 is 0. The van der Waals surface area contributed by atoms with Crippen molar-refractivity contribution in [1.82, 2.24) is 0 Å². The highest BCUT2D eigenvalue weighted by atomic mass is 19.4. The van der Waals surface area contributed by atoms with Crippen LogP contribution in [0.3, 0.4) is 0 Å². The smallest absolute Gasteiger partial charge is 0.396 e. The van der Waals surface area contributed by atoms with Gasteiger partial charge in [0, 0.05) is 11.5 Å². The monoisotopic (exact) mass is 293 g/mol. The topological polar surface area (TPSA) is 55.5 Å². The number of hydrogen-bond acceptors (Lipinski definition) is 3. The molecule has 0 radical (unpaired) electrons. The van der Waals surface area contributed by atoms with Crippen LogP contribution in [0.2, 0.25) is 0 Å². The van der Waals surface area contributed by atoms with E-state index in [-0.39, 0.29) is 11.1 Å².